The van der Waals surface area contributed by atoms with Crippen molar-refractivity contribution in [3.63, 3.8) is 0 Å². The van der Waals surface area contributed by atoms with Crippen LogP contribution in [0.5, 0.6) is 0 Å². The van der Waals surface area contributed by atoms with Gasteiger partial charge in [0.1, 0.15) is 16.9 Å². The molecule has 0 radical (unpaired) electrons. The van der Waals surface area contributed by atoms with E-state index in [4.69, 9.17) is 20.4 Å². The Bertz CT molecular complexity index is 1240. The molecule has 5 nitrogen and oxygen atoms in total. The molecule has 1 N–H and O–H groups in total. The van der Waals surface area contributed by atoms with Crippen LogP contribution in [0.15, 0.2) is 80.8 Å². The molecular weight excluding hydrogens is 400 g/mol. The number of hydrogen-bond acceptors (Lipinski definition) is 4. The molecule has 6 heteroatoms. The number of carbonyl (C=O) groups is 1. The molecule has 2 aromatic heterocycles. The molecule has 0 fully saturated rings. The minimum Gasteiger partial charge on any atom is -0.467 e. The van der Waals surface area contributed by atoms with Crippen molar-refractivity contribution in [2.24, 2.45) is 4.99 Å². The number of halogens is 1. The second-order valence-electron chi connectivity index (χ2n) is 7.27. The predicted octanol–water partition coefficient (Wildman–Crippen LogP) is 5.97. The van der Waals surface area contributed by atoms with Gasteiger partial charge in [-0.05, 0) is 60.0 Å². The van der Waals surface area contributed by atoms with E-state index in [0.717, 1.165) is 5.39 Å². The topological polar surface area (TPSA) is 67.7 Å². The smallest absolute Gasteiger partial charge is 0.257 e. The molecule has 0 saturated carbocycles. The molecule has 0 unspecified atom stereocenters. The zero-order valence-electron chi connectivity index (χ0n) is 16.7. The van der Waals surface area contributed by atoms with Gasteiger partial charge in [0, 0.05) is 10.4 Å². The van der Waals surface area contributed by atoms with Crippen molar-refractivity contribution >= 4 is 34.2 Å². The van der Waals surface area contributed by atoms with Crippen LogP contribution in [0, 0.1) is 0 Å². The minimum atomic E-state index is -0.311. The third-order valence-corrected chi connectivity index (χ3v) is 4.98. The number of rotatable bonds is 5. The van der Waals surface area contributed by atoms with Crippen LogP contribution in [0.4, 0.5) is 5.69 Å². The molecule has 0 aliphatic carbocycles. The Morgan fingerprint density at radius 1 is 1.10 bits per heavy atom. The third kappa shape index (κ3) is 4.47. The van der Waals surface area contributed by atoms with Crippen LogP contribution in [0.2, 0.25) is 5.02 Å². The number of fused-ring (bicyclic) bond motifs is 1. The van der Waals surface area contributed by atoms with Gasteiger partial charge in [-0.25, -0.2) is 4.99 Å². The van der Waals surface area contributed by atoms with Crippen molar-refractivity contribution in [3.05, 3.63) is 94.4 Å². The van der Waals surface area contributed by atoms with Crippen molar-refractivity contribution in [1.82, 2.24) is 5.32 Å². The average molecular weight is 421 g/mol. The minimum absolute atomic E-state index is 0.235. The maximum Gasteiger partial charge on any atom is 0.257 e. The lowest BCUT2D eigenvalue weighted by molar-refractivity contribution is 0.0944. The van der Waals surface area contributed by atoms with Gasteiger partial charge in [0.15, 0.2) is 0 Å². The first-order chi connectivity index (χ1) is 14.5. The van der Waals surface area contributed by atoms with Crippen LogP contribution in [-0.2, 0) is 6.54 Å². The Balaban J connectivity index is 1.76. The number of nitrogens with one attached hydrogen (secondary N) is 1. The van der Waals surface area contributed by atoms with Gasteiger partial charge in [0.05, 0.1) is 18.5 Å². The monoisotopic (exact) mass is 420 g/mol. The van der Waals surface area contributed by atoms with E-state index in [1.807, 2.05) is 24.3 Å². The van der Waals surface area contributed by atoms with Gasteiger partial charge in [0.25, 0.3) is 5.91 Å². The van der Waals surface area contributed by atoms with Crippen LogP contribution in [-0.4, -0.2) is 5.91 Å². The van der Waals surface area contributed by atoms with E-state index in [0.29, 0.717) is 33.5 Å². The summed E-state index contributed by atoms with van der Waals surface area (Å²) in [5, 5.41) is 4.13. The molecule has 2 heterocycles. The zero-order chi connectivity index (χ0) is 21.1. The number of amides is 1. The normalized spacial score (nSPS) is 11.9. The van der Waals surface area contributed by atoms with Crippen molar-refractivity contribution < 1.29 is 13.6 Å². The summed E-state index contributed by atoms with van der Waals surface area (Å²) in [4.78, 5) is 17.5. The van der Waals surface area contributed by atoms with Crippen LogP contribution < -0.4 is 10.9 Å². The lowest BCUT2D eigenvalue weighted by Gasteiger charge is -2.07. The molecule has 30 heavy (non-hydrogen) atoms. The molecule has 2 aromatic carbocycles. The van der Waals surface area contributed by atoms with E-state index in [1.165, 1.54) is 5.56 Å². The fourth-order valence-electron chi connectivity index (χ4n) is 3.07. The number of benzene rings is 2. The molecule has 0 spiro atoms. The summed E-state index contributed by atoms with van der Waals surface area (Å²) in [5.74, 6) is 0.776. The molecule has 0 bridgehead atoms. The number of furan rings is 1. The first-order valence-corrected chi connectivity index (χ1v) is 10.1. The van der Waals surface area contributed by atoms with Crippen molar-refractivity contribution in [2.75, 3.05) is 0 Å². The van der Waals surface area contributed by atoms with Crippen LogP contribution in [0.1, 0.15) is 41.4 Å². The fraction of sp³-hybridized carbons (Fsp3) is 0.167. The lowest BCUT2D eigenvalue weighted by Crippen LogP contribution is -2.28. The van der Waals surface area contributed by atoms with Crippen LogP contribution in [0.25, 0.3) is 11.0 Å². The molecule has 4 aromatic rings. The van der Waals surface area contributed by atoms with E-state index >= 15 is 0 Å². The Labute approximate surface area is 179 Å². The van der Waals surface area contributed by atoms with Gasteiger partial charge in [-0.1, -0.05) is 37.6 Å². The summed E-state index contributed by atoms with van der Waals surface area (Å²) in [6, 6.07) is 18.5. The first kappa shape index (κ1) is 20.0. The highest BCUT2D eigenvalue weighted by molar-refractivity contribution is 6.31. The lowest BCUT2D eigenvalue weighted by atomic mass is 10.0. The molecule has 0 saturated heterocycles. The maximum atomic E-state index is 12.9. The standard InChI is InChI=1S/C24H21ClN2O3/c1-15(2)16-5-8-19(9-6-16)27-24-21(23(28)26-14-20-4-3-11-29-20)13-17-12-18(25)7-10-22(17)30-24/h3-13,15H,14H2,1-2H3,(H,26,28). The summed E-state index contributed by atoms with van der Waals surface area (Å²) in [7, 11) is 0. The molecule has 0 atom stereocenters. The highest BCUT2D eigenvalue weighted by Crippen LogP contribution is 2.21. The Morgan fingerprint density at radius 2 is 1.90 bits per heavy atom. The fourth-order valence-corrected chi connectivity index (χ4v) is 3.25. The van der Waals surface area contributed by atoms with E-state index < -0.39 is 0 Å². The van der Waals surface area contributed by atoms with E-state index in [2.05, 4.69) is 24.2 Å². The second-order valence-corrected chi connectivity index (χ2v) is 7.70. The summed E-state index contributed by atoms with van der Waals surface area (Å²) in [6.07, 6.45) is 1.57. The Hall–Kier alpha value is -3.31. The molecule has 4 rings (SSSR count). The van der Waals surface area contributed by atoms with Crippen molar-refractivity contribution in [1.29, 1.82) is 0 Å². The molecule has 0 aliphatic rings. The highest BCUT2D eigenvalue weighted by Gasteiger charge is 2.13. The molecular formula is C24H21ClN2O3. The zero-order valence-corrected chi connectivity index (χ0v) is 17.4. The van der Waals surface area contributed by atoms with E-state index in [1.54, 1.807) is 42.7 Å². The summed E-state index contributed by atoms with van der Waals surface area (Å²) in [5.41, 5.74) is 3.08. The summed E-state index contributed by atoms with van der Waals surface area (Å²) >= 11 is 6.11. The van der Waals surface area contributed by atoms with Crippen molar-refractivity contribution in [3.8, 4) is 0 Å². The average Bonchev–Trinajstić information content (AvgIpc) is 3.26. The van der Waals surface area contributed by atoms with Gasteiger partial charge < -0.3 is 14.2 Å². The van der Waals surface area contributed by atoms with Gasteiger partial charge in [-0.2, -0.15) is 0 Å². The van der Waals surface area contributed by atoms with Crippen LogP contribution >= 0.6 is 11.6 Å². The van der Waals surface area contributed by atoms with E-state index in [9.17, 15) is 4.79 Å². The highest BCUT2D eigenvalue weighted by atomic mass is 35.5. The van der Waals surface area contributed by atoms with E-state index in [-0.39, 0.29) is 18.0 Å². The third-order valence-electron chi connectivity index (χ3n) is 4.75. The van der Waals surface area contributed by atoms with Crippen LogP contribution in [0.3, 0.4) is 0 Å². The molecule has 1 amide bonds. The van der Waals surface area contributed by atoms with Gasteiger partial charge >= 0.3 is 0 Å². The number of nitrogens with zero attached hydrogens (tertiary/aromatic N) is 1. The van der Waals surface area contributed by atoms with Crippen molar-refractivity contribution in [2.45, 2.75) is 26.3 Å². The largest absolute Gasteiger partial charge is 0.467 e. The number of carbonyl (C=O) groups excluding carboxylic acids is 1. The quantitative estimate of drug-likeness (QED) is 0.432. The first-order valence-electron chi connectivity index (χ1n) is 9.68. The summed E-state index contributed by atoms with van der Waals surface area (Å²) < 4.78 is 11.3. The van der Waals surface area contributed by atoms with Gasteiger partial charge in [-0.15, -0.1) is 0 Å². The molecule has 152 valence electrons. The number of hydrogen-bond donors (Lipinski definition) is 1. The summed E-state index contributed by atoms with van der Waals surface area (Å²) in [6.45, 7) is 4.54. The SMILES string of the molecule is CC(C)c1ccc(N=c2oc3ccc(Cl)cc3cc2C(=O)NCc2ccco2)cc1. The molecule has 0 aliphatic heterocycles. The maximum absolute atomic E-state index is 12.9. The second kappa shape index (κ2) is 8.59. The Kier molecular flexibility index (Phi) is 5.72. The van der Waals surface area contributed by atoms with Gasteiger partial charge in [0.2, 0.25) is 5.55 Å². The van der Waals surface area contributed by atoms with Gasteiger partial charge in [-0.3, -0.25) is 4.79 Å². The Morgan fingerprint density at radius 3 is 2.60 bits per heavy atom. The predicted molar refractivity (Wildman–Crippen MR) is 117 cm³/mol.